The van der Waals surface area contributed by atoms with Gasteiger partial charge in [0.25, 0.3) is 0 Å². The second-order valence-corrected chi connectivity index (χ2v) is 8.75. The van der Waals surface area contributed by atoms with Gasteiger partial charge >= 0.3 is 0 Å². The predicted octanol–water partition coefficient (Wildman–Crippen LogP) is 2.43. The maximum atomic E-state index is 13.0. The van der Waals surface area contributed by atoms with Crippen LogP contribution in [0.1, 0.15) is 25.7 Å². The number of ketones is 1. The Hall–Kier alpha value is -1.31. The summed E-state index contributed by atoms with van der Waals surface area (Å²) in [6.07, 6.45) is 4.29. The monoisotopic (exact) mass is 336 g/mol. The zero-order chi connectivity index (χ0) is 15.3. The summed E-state index contributed by atoms with van der Waals surface area (Å²) in [5.41, 5.74) is 0.816. The lowest BCUT2D eigenvalue weighted by molar-refractivity contribution is -0.126. The zero-order valence-corrected chi connectivity index (χ0v) is 13.6. The van der Waals surface area contributed by atoms with Crippen LogP contribution in [0.4, 0.5) is 0 Å². The van der Waals surface area contributed by atoms with E-state index in [1.54, 1.807) is 10.4 Å². The first-order chi connectivity index (χ1) is 10.6. The highest BCUT2D eigenvalue weighted by molar-refractivity contribution is 7.89. The standard InChI is InChI=1S/C15H16N2O3S2/c18-14-4-6-17(13-3-1-2-11(13)14)22(19,20)10-8-15-12(16-9-10)5-7-21-15/h5,7-9,11,13H,1-4,6H2. The molecule has 1 saturated heterocycles. The molecule has 22 heavy (non-hydrogen) atoms. The number of hydrogen-bond donors (Lipinski definition) is 0. The summed E-state index contributed by atoms with van der Waals surface area (Å²) in [7, 11) is -3.58. The highest BCUT2D eigenvalue weighted by Crippen LogP contribution is 2.38. The molecule has 0 spiro atoms. The number of pyridine rings is 1. The summed E-state index contributed by atoms with van der Waals surface area (Å²) in [5.74, 6) is 0.114. The van der Waals surface area contributed by atoms with Crippen molar-refractivity contribution in [1.29, 1.82) is 0 Å². The number of carbonyl (C=O) groups is 1. The van der Waals surface area contributed by atoms with Gasteiger partial charge < -0.3 is 0 Å². The summed E-state index contributed by atoms with van der Waals surface area (Å²) in [6, 6.07) is 3.41. The molecule has 116 valence electrons. The van der Waals surface area contributed by atoms with E-state index in [1.807, 2.05) is 11.4 Å². The molecule has 2 aromatic rings. The van der Waals surface area contributed by atoms with Crippen LogP contribution in [0, 0.1) is 5.92 Å². The third-order valence-electron chi connectivity index (χ3n) is 4.73. The number of rotatable bonds is 2. The number of aromatic nitrogens is 1. The molecule has 2 aromatic heterocycles. The van der Waals surface area contributed by atoms with Gasteiger partial charge in [-0.15, -0.1) is 11.3 Å². The highest BCUT2D eigenvalue weighted by atomic mass is 32.2. The number of carbonyl (C=O) groups excluding carboxylic acids is 1. The van der Waals surface area contributed by atoms with Crippen molar-refractivity contribution in [3.8, 4) is 0 Å². The lowest BCUT2D eigenvalue weighted by atomic mass is 9.92. The van der Waals surface area contributed by atoms with Crippen molar-refractivity contribution in [2.75, 3.05) is 6.54 Å². The van der Waals surface area contributed by atoms with E-state index in [0.29, 0.717) is 13.0 Å². The highest BCUT2D eigenvalue weighted by Gasteiger charge is 2.45. The molecule has 1 saturated carbocycles. The summed E-state index contributed by atoms with van der Waals surface area (Å²) < 4.78 is 28.4. The molecule has 1 aliphatic heterocycles. The number of Topliss-reactive ketones (excluding diaryl/α,β-unsaturated/α-hetero) is 1. The first-order valence-corrected chi connectivity index (χ1v) is 9.77. The lowest BCUT2D eigenvalue weighted by Crippen LogP contribution is -2.49. The second-order valence-electron chi connectivity index (χ2n) is 5.91. The van der Waals surface area contributed by atoms with Crippen molar-refractivity contribution >= 4 is 37.4 Å². The van der Waals surface area contributed by atoms with Crippen LogP contribution in [0.25, 0.3) is 10.2 Å². The van der Waals surface area contributed by atoms with Crippen molar-refractivity contribution in [1.82, 2.24) is 9.29 Å². The Bertz CT molecular complexity index is 843. The fraction of sp³-hybridized carbons (Fsp3) is 0.467. The van der Waals surface area contributed by atoms with E-state index in [4.69, 9.17) is 0 Å². The van der Waals surface area contributed by atoms with Crippen LogP contribution in [0.5, 0.6) is 0 Å². The molecular weight excluding hydrogens is 320 g/mol. The zero-order valence-electron chi connectivity index (χ0n) is 11.9. The number of hydrogen-bond acceptors (Lipinski definition) is 5. The van der Waals surface area contributed by atoms with Gasteiger partial charge in [0.15, 0.2) is 0 Å². The van der Waals surface area contributed by atoms with Gasteiger partial charge in [-0.25, -0.2) is 8.42 Å². The number of thiophene rings is 1. The first kappa shape index (κ1) is 14.3. The number of sulfonamides is 1. The molecule has 2 aliphatic rings. The van der Waals surface area contributed by atoms with Crippen molar-refractivity contribution in [3.63, 3.8) is 0 Å². The Labute approximate surface area is 133 Å². The maximum Gasteiger partial charge on any atom is 0.244 e. The van der Waals surface area contributed by atoms with Gasteiger partial charge in [0, 0.05) is 31.1 Å². The largest absolute Gasteiger partial charge is 0.299 e. The van der Waals surface area contributed by atoms with Crippen LogP contribution in [0.2, 0.25) is 0 Å². The molecule has 0 bridgehead atoms. The molecule has 0 aromatic carbocycles. The smallest absolute Gasteiger partial charge is 0.244 e. The van der Waals surface area contributed by atoms with Crippen molar-refractivity contribution < 1.29 is 13.2 Å². The first-order valence-electron chi connectivity index (χ1n) is 7.45. The van der Waals surface area contributed by atoms with Crippen LogP contribution < -0.4 is 0 Å². The molecule has 0 radical (unpaired) electrons. The fourth-order valence-electron chi connectivity index (χ4n) is 3.64. The Morgan fingerprint density at radius 2 is 2.18 bits per heavy atom. The number of piperidine rings is 1. The average molecular weight is 336 g/mol. The van der Waals surface area contributed by atoms with Gasteiger partial charge in [0.2, 0.25) is 10.0 Å². The Morgan fingerprint density at radius 1 is 1.32 bits per heavy atom. The molecule has 2 fully saturated rings. The molecule has 0 amide bonds. The quantitative estimate of drug-likeness (QED) is 0.845. The SMILES string of the molecule is O=C1CCN(S(=O)(=O)c2cnc3ccsc3c2)C2CCCC12. The molecule has 1 aliphatic carbocycles. The fourth-order valence-corrected chi connectivity index (χ4v) is 6.15. The summed E-state index contributed by atoms with van der Waals surface area (Å²) in [6.45, 7) is 0.296. The summed E-state index contributed by atoms with van der Waals surface area (Å²) in [4.78, 5) is 16.5. The van der Waals surface area contributed by atoms with Gasteiger partial charge in [0.1, 0.15) is 10.7 Å². The van der Waals surface area contributed by atoms with E-state index in [9.17, 15) is 13.2 Å². The Kier molecular flexibility index (Phi) is 3.32. The van der Waals surface area contributed by atoms with Gasteiger partial charge in [-0.1, -0.05) is 6.42 Å². The second kappa shape index (κ2) is 5.11. The minimum absolute atomic E-state index is 0.109. The van der Waals surface area contributed by atoms with Crippen molar-refractivity contribution in [2.24, 2.45) is 5.92 Å². The third kappa shape index (κ3) is 2.11. The molecule has 7 heteroatoms. The molecule has 5 nitrogen and oxygen atoms in total. The Morgan fingerprint density at radius 3 is 3.05 bits per heavy atom. The van der Waals surface area contributed by atoms with Gasteiger partial charge in [0.05, 0.1) is 10.2 Å². The normalized spacial score (nSPS) is 26.5. The van der Waals surface area contributed by atoms with E-state index in [0.717, 1.165) is 29.5 Å². The van der Waals surface area contributed by atoms with Crippen LogP contribution in [-0.2, 0) is 14.8 Å². The van der Waals surface area contributed by atoms with E-state index < -0.39 is 10.0 Å². The van der Waals surface area contributed by atoms with Crippen LogP contribution in [0.3, 0.4) is 0 Å². The Balaban J connectivity index is 1.74. The predicted molar refractivity (Wildman–Crippen MR) is 84.3 cm³/mol. The lowest BCUT2D eigenvalue weighted by Gasteiger charge is -2.35. The van der Waals surface area contributed by atoms with Crippen LogP contribution in [-0.4, -0.2) is 36.1 Å². The molecule has 2 atom stereocenters. The minimum atomic E-state index is -3.58. The van der Waals surface area contributed by atoms with Gasteiger partial charge in [-0.2, -0.15) is 4.31 Å². The number of fused-ring (bicyclic) bond motifs is 2. The van der Waals surface area contributed by atoms with E-state index in [1.165, 1.54) is 17.5 Å². The third-order valence-corrected chi connectivity index (χ3v) is 7.47. The minimum Gasteiger partial charge on any atom is -0.299 e. The van der Waals surface area contributed by atoms with E-state index >= 15 is 0 Å². The summed E-state index contributed by atoms with van der Waals surface area (Å²) in [5, 5.41) is 1.90. The van der Waals surface area contributed by atoms with Crippen molar-refractivity contribution in [3.05, 3.63) is 23.7 Å². The molecule has 2 unspecified atom stereocenters. The topological polar surface area (TPSA) is 67.3 Å². The van der Waals surface area contributed by atoms with Gasteiger partial charge in [-0.05, 0) is 30.4 Å². The number of nitrogens with zero attached hydrogens (tertiary/aromatic N) is 2. The molecule has 3 heterocycles. The van der Waals surface area contributed by atoms with Crippen LogP contribution in [0.15, 0.2) is 28.6 Å². The average Bonchev–Trinajstić information content (AvgIpc) is 3.15. The molecular formula is C15H16N2O3S2. The van der Waals surface area contributed by atoms with Gasteiger partial charge in [-0.3, -0.25) is 9.78 Å². The maximum absolute atomic E-state index is 13.0. The van der Waals surface area contributed by atoms with Crippen molar-refractivity contribution in [2.45, 2.75) is 36.6 Å². The molecule has 4 rings (SSSR count). The summed E-state index contributed by atoms with van der Waals surface area (Å²) >= 11 is 1.48. The van der Waals surface area contributed by atoms with Crippen LogP contribution >= 0.6 is 11.3 Å². The molecule has 0 N–H and O–H groups in total. The van der Waals surface area contributed by atoms with E-state index in [2.05, 4.69) is 4.98 Å². The van der Waals surface area contributed by atoms with E-state index in [-0.39, 0.29) is 22.6 Å².